The van der Waals surface area contributed by atoms with Gasteiger partial charge < -0.3 is 4.90 Å². The fraction of sp³-hybridized carbons (Fsp3) is 0.455. The molecular formula is C11H12ClF3N2O. The molecule has 1 amide bonds. The highest BCUT2D eigenvalue weighted by Crippen LogP contribution is 2.22. The van der Waals surface area contributed by atoms with E-state index >= 15 is 0 Å². The minimum atomic E-state index is -4.45. The second-order valence-electron chi connectivity index (χ2n) is 4.00. The number of carbonyl (C=O) groups is 1. The summed E-state index contributed by atoms with van der Waals surface area (Å²) in [5.74, 6) is -0.755. The normalized spacial score (nSPS) is 11.7. The molecule has 7 heteroatoms. The Morgan fingerprint density at radius 2 is 2.11 bits per heavy atom. The van der Waals surface area contributed by atoms with Gasteiger partial charge >= 0.3 is 6.18 Å². The fourth-order valence-corrected chi connectivity index (χ4v) is 1.59. The molecule has 0 unspecified atom stereocenters. The van der Waals surface area contributed by atoms with E-state index in [9.17, 15) is 18.0 Å². The summed E-state index contributed by atoms with van der Waals surface area (Å²) in [4.78, 5) is 16.4. The van der Waals surface area contributed by atoms with Crippen LogP contribution in [-0.4, -0.2) is 34.6 Å². The Labute approximate surface area is 108 Å². The smallest absolute Gasteiger partial charge is 0.327 e. The summed E-state index contributed by atoms with van der Waals surface area (Å²) in [5, 5.41) is 0.0373. The Morgan fingerprint density at radius 3 is 2.56 bits per heavy atom. The highest BCUT2D eigenvalue weighted by molar-refractivity contribution is 6.33. The molecule has 0 aromatic carbocycles. The Morgan fingerprint density at radius 1 is 1.50 bits per heavy atom. The molecule has 0 aliphatic rings. The number of hydrogen-bond donors (Lipinski definition) is 0. The second kappa shape index (κ2) is 5.56. The van der Waals surface area contributed by atoms with Gasteiger partial charge in [0.25, 0.3) is 5.91 Å². The lowest BCUT2D eigenvalue weighted by atomic mass is 10.2. The van der Waals surface area contributed by atoms with Crippen molar-refractivity contribution in [3.8, 4) is 0 Å². The molecule has 0 bridgehead atoms. The van der Waals surface area contributed by atoms with E-state index in [1.54, 1.807) is 0 Å². The van der Waals surface area contributed by atoms with Crippen LogP contribution in [0.2, 0.25) is 5.02 Å². The number of aromatic nitrogens is 1. The number of amides is 1. The molecule has 0 atom stereocenters. The van der Waals surface area contributed by atoms with E-state index < -0.39 is 24.7 Å². The summed E-state index contributed by atoms with van der Waals surface area (Å²) >= 11 is 5.75. The minimum absolute atomic E-state index is 0.0182. The van der Waals surface area contributed by atoms with Crippen LogP contribution in [-0.2, 0) is 0 Å². The molecule has 0 radical (unpaired) electrons. The van der Waals surface area contributed by atoms with Gasteiger partial charge in [-0.25, -0.2) is 0 Å². The average Bonchev–Trinajstić information content (AvgIpc) is 2.24. The van der Waals surface area contributed by atoms with Crippen molar-refractivity contribution < 1.29 is 18.0 Å². The number of rotatable bonds is 3. The Kier molecular flexibility index (Phi) is 4.56. The zero-order valence-corrected chi connectivity index (χ0v) is 10.6. The number of alkyl halides is 3. The maximum Gasteiger partial charge on any atom is 0.406 e. The van der Waals surface area contributed by atoms with Crippen molar-refractivity contribution in [2.75, 3.05) is 6.54 Å². The van der Waals surface area contributed by atoms with Gasteiger partial charge in [-0.05, 0) is 19.9 Å². The lowest BCUT2D eigenvalue weighted by molar-refractivity contribution is -0.143. The van der Waals surface area contributed by atoms with Crippen LogP contribution in [0.5, 0.6) is 0 Å². The number of pyridine rings is 1. The first-order chi connectivity index (χ1) is 8.22. The van der Waals surface area contributed by atoms with Crippen molar-refractivity contribution in [2.45, 2.75) is 26.1 Å². The summed E-state index contributed by atoms with van der Waals surface area (Å²) < 4.78 is 37.2. The molecule has 100 valence electrons. The molecule has 0 N–H and O–H groups in total. The molecule has 1 heterocycles. The predicted octanol–water partition coefficient (Wildman–Crippen LogP) is 3.15. The molecule has 1 aromatic heterocycles. The Hall–Kier alpha value is -1.30. The van der Waals surface area contributed by atoms with Crippen molar-refractivity contribution in [2.24, 2.45) is 0 Å². The van der Waals surface area contributed by atoms with Gasteiger partial charge in [-0.3, -0.25) is 9.78 Å². The molecule has 0 aliphatic carbocycles. The maximum atomic E-state index is 12.4. The van der Waals surface area contributed by atoms with Gasteiger partial charge in [0.2, 0.25) is 0 Å². The van der Waals surface area contributed by atoms with E-state index in [2.05, 4.69) is 4.98 Å². The monoisotopic (exact) mass is 280 g/mol. The van der Waals surface area contributed by atoms with Gasteiger partial charge in [-0.15, -0.1) is 0 Å². The lowest BCUT2D eigenvalue weighted by Gasteiger charge is -2.28. The first kappa shape index (κ1) is 14.8. The highest BCUT2D eigenvalue weighted by atomic mass is 35.5. The number of halogens is 4. The zero-order valence-electron chi connectivity index (χ0n) is 9.83. The third-order valence-electron chi connectivity index (χ3n) is 2.24. The molecule has 0 fully saturated rings. The molecule has 0 aliphatic heterocycles. The van der Waals surface area contributed by atoms with Crippen molar-refractivity contribution in [3.05, 3.63) is 29.0 Å². The third-order valence-corrected chi connectivity index (χ3v) is 2.54. The van der Waals surface area contributed by atoms with E-state index in [0.29, 0.717) is 0 Å². The van der Waals surface area contributed by atoms with Crippen LogP contribution in [0.25, 0.3) is 0 Å². The molecule has 3 nitrogen and oxygen atoms in total. The summed E-state index contributed by atoms with van der Waals surface area (Å²) in [6.45, 7) is 1.72. The van der Waals surface area contributed by atoms with Gasteiger partial charge in [-0.1, -0.05) is 11.6 Å². The first-order valence-electron chi connectivity index (χ1n) is 5.19. The summed E-state index contributed by atoms with van der Waals surface area (Å²) in [6.07, 6.45) is -1.91. The van der Waals surface area contributed by atoms with Crippen molar-refractivity contribution in [1.82, 2.24) is 9.88 Å². The topological polar surface area (TPSA) is 33.2 Å². The summed E-state index contributed by atoms with van der Waals surface area (Å²) in [5.41, 5.74) is 0.0182. The minimum Gasteiger partial charge on any atom is -0.327 e. The molecule has 1 rings (SSSR count). The largest absolute Gasteiger partial charge is 0.406 e. The molecular weight excluding hydrogens is 269 g/mol. The van der Waals surface area contributed by atoms with E-state index in [4.69, 9.17) is 11.6 Å². The van der Waals surface area contributed by atoms with Crippen LogP contribution < -0.4 is 0 Å². The quantitative estimate of drug-likeness (QED) is 0.852. The highest BCUT2D eigenvalue weighted by Gasteiger charge is 2.35. The van der Waals surface area contributed by atoms with Crippen LogP contribution in [0, 0.1) is 0 Å². The van der Waals surface area contributed by atoms with Crippen molar-refractivity contribution in [1.29, 1.82) is 0 Å². The first-order valence-corrected chi connectivity index (χ1v) is 5.57. The number of carbonyl (C=O) groups excluding carboxylic acids is 1. The third kappa shape index (κ3) is 3.87. The SMILES string of the molecule is CC(C)N(CC(F)(F)F)C(=O)c1ccncc1Cl. The fourth-order valence-electron chi connectivity index (χ4n) is 1.39. The van der Waals surface area contributed by atoms with E-state index in [-0.39, 0.29) is 10.6 Å². The Bertz CT molecular complexity index is 435. The molecule has 0 spiro atoms. The number of nitrogens with zero attached hydrogens (tertiary/aromatic N) is 2. The lowest BCUT2D eigenvalue weighted by Crippen LogP contribution is -2.43. The molecule has 1 aromatic rings. The number of hydrogen-bond acceptors (Lipinski definition) is 2. The summed E-state index contributed by atoms with van der Waals surface area (Å²) in [7, 11) is 0. The molecule has 18 heavy (non-hydrogen) atoms. The predicted molar refractivity (Wildman–Crippen MR) is 61.5 cm³/mol. The van der Waals surface area contributed by atoms with Crippen molar-refractivity contribution >= 4 is 17.5 Å². The van der Waals surface area contributed by atoms with Gasteiger partial charge in [0.05, 0.1) is 10.6 Å². The van der Waals surface area contributed by atoms with Crippen LogP contribution in [0.1, 0.15) is 24.2 Å². The average molecular weight is 281 g/mol. The van der Waals surface area contributed by atoms with Crippen LogP contribution in [0.3, 0.4) is 0 Å². The van der Waals surface area contributed by atoms with Crippen LogP contribution in [0.15, 0.2) is 18.5 Å². The van der Waals surface area contributed by atoms with Gasteiger partial charge in [0.1, 0.15) is 6.54 Å². The van der Waals surface area contributed by atoms with Gasteiger partial charge in [0.15, 0.2) is 0 Å². The van der Waals surface area contributed by atoms with Crippen LogP contribution in [0.4, 0.5) is 13.2 Å². The van der Waals surface area contributed by atoms with E-state index in [1.807, 2.05) is 0 Å². The van der Waals surface area contributed by atoms with Gasteiger partial charge in [0, 0.05) is 18.4 Å². The molecule has 0 saturated heterocycles. The Balaban J connectivity index is 3.01. The second-order valence-corrected chi connectivity index (χ2v) is 4.40. The maximum absolute atomic E-state index is 12.4. The van der Waals surface area contributed by atoms with E-state index in [0.717, 1.165) is 4.90 Å². The summed E-state index contributed by atoms with van der Waals surface area (Å²) in [6, 6.07) is 0.722. The van der Waals surface area contributed by atoms with Gasteiger partial charge in [-0.2, -0.15) is 13.2 Å². The van der Waals surface area contributed by atoms with Crippen LogP contribution >= 0.6 is 11.6 Å². The standard InChI is InChI=1S/C11H12ClF3N2O/c1-7(2)17(6-11(13,14)15)10(18)8-3-4-16-5-9(8)12/h3-5,7H,6H2,1-2H3. The molecule has 0 saturated carbocycles. The van der Waals surface area contributed by atoms with E-state index in [1.165, 1.54) is 32.3 Å². The zero-order chi connectivity index (χ0) is 13.9. The van der Waals surface area contributed by atoms with Crippen molar-refractivity contribution in [3.63, 3.8) is 0 Å².